The molecular formula is C29H30N4O5. The molecule has 0 saturated heterocycles. The van der Waals surface area contributed by atoms with Gasteiger partial charge >= 0.3 is 5.97 Å². The molecule has 1 heterocycles. The Morgan fingerprint density at radius 1 is 0.974 bits per heavy atom. The maximum Gasteiger partial charge on any atom is 0.337 e. The van der Waals surface area contributed by atoms with Crippen LogP contribution in [0.5, 0.6) is 5.88 Å². The number of aromatic amines is 1. The maximum atomic E-state index is 12.4. The van der Waals surface area contributed by atoms with Gasteiger partial charge in [-0.05, 0) is 63.5 Å². The first-order valence-corrected chi connectivity index (χ1v) is 12.1. The van der Waals surface area contributed by atoms with E-state index in [0.717, 1.165) is 18.5 Å². The first-order chi connectivity index (χ1) is 18.4. The van der Waals surface area contributed by atoms with Gasteiger partial charge in [0.25, 0.3) is 5.91 Å². The van der Waals surface area contributed by atoms with E-state index in [1.54, 1.807) is 42.5 Å². The summed E-state index contributed by atoms with van der Waals surface area (Å²) in [7, 11) is 5.28. The van der Waals surface area contributed by atoms with Gasteiger partial charge in [-0.2, -0.15) is 0 Å². The highest BCUT2D eigenvalue weighted by Gasteiger charge is 2.20. The van der Waals surface area contributed by atoms with Crippen molar-refractivity contribution in [3.63, 3.8) is 0 Å². The van der Waals surface area contributed by atoms with E-state index in [-0.39, 0.29) is 11.8 Å². The highest BCUT2D eigenvalue weighted by molar-refractivity contribution is 6.22. The Bertz CT molecular complexity index is 1440. The van der Waals surface area contributed by atoms with Gasteiger partial charge in [0, 0.05) is 22.0 Å². The number of esters is 1. The summed E-state index contributed by atoms with van der Waals surface area (Å²) in [5, 5.41) is 11.6. The molecule has 1 aromatic heterocycles. The number of methoxy groups -OCH3 is 1. The summed E-state index contributed by atoms with van der Waals surface area (Å²) < 4.78 is 4.81. The monoisotopic (exact) mass is 514 g/mol. The number of fused-ring (bicyclic) bond motifs is 1. The molecule has 9 heteroatoms. The number of aromatic hydroxyl groups is 1. The molecule has 0 bridgehead atoms. The molecular weight excluding hydrogens is 484 g/mol. The first kappa shape index (κ1) is 26.6. The van der Waals surface area contributed by atoms with Crippen molar-refractivity contribution in [2.75, 3.05) is 34.4 Å². The van der Waals surface area contributed by atoms with E-state index in [1.807, 2.05) is 49.3 Å². The molecule has 0 atom stereocenters. The van der Waals surface area contributed by atoms with Crippen LogP contribution in [-0.4, -0.2) is 66.9 Å². The second-order valence-corrected chi connectivity index (χ2v) is 8.91. The number of hydrogen-bond acceptors (Lipinski definition) is 7. The number of carbonyl (C=O) groups is 2. The molecule has 0 aliphatic heterocycles. The third-order valence-electron chi connectivity index (χ3n) is 5.87. The fraction of sp³-hybridized carbons (Fsp3) is 0.207. The zero-order chi connectivity index (χ0) is 27.1. The minimum atomic E-state index is -0.470. The molecule has 0 aliphatic carbocycles. The van der Waals surface area contributed by atoms with Crippen LogP contribution in [0.25, 0.3) is 10.9 Å². The van der Waals surface area contributed by atoms with Crippen LogP contribution in [0, 0.1) is 0 Å². The van der Waals surface area contributed by atoms with Crippen LogP contribution < -0.4 is 5.48 Å². The average Bonchev–Trinajstić information content (AvgIpc) is 3.26. The Morgan fingerprint density at radius 3 is 2.37 bits per heavy atom. The van der Waals surface area contributed by atoms with E-state index in [2.05, 4.69) is 10.5 Å². The number of hydroxylamine groups is 1. The van der Waals surface area contributed by atoms with Crippen LogP contribution >= 0.6 is 0 Å². The molecule has 196 valence electrons. The maximum absolute atomic E-state index is 12.4. The van der Waals surface area contributed by atoms with E-state index in [1.165, 1.54) is 7.11 Å². The van der Waals surface area contributed by atoms with E-state index in [4.69, 9.17) is 14.6 Å². The molecule has 1 amide bonds. The third kappa shape index (κ3) is 6.26. The summed E-state index contributed by atoms with van der Waals surface area (Å²) in [6.07, 6.45) is 0.799. The third-order valence-corrected chi connectivity index (χ3v) is 5.87. The molecule has 0 radical (unpaired) electrons. The average molecular weight is 515 g/mol. The zero-order valence-electron chi connectivity index (χ0n) is 21.5. The van der Waals surface area contributed by atoms with Crippen molar-refractivity contribution in [3.05, 3.63) is 95.1 Å². The molecule has 0 aliphatic rings. The molecule has 0 saturated carbocycles. The normalized spacial score (nSPS) is 11.6. The van der Waals surface area contributed by atoms with Crippen LogP contribution in [0.2, 0.25) is 0 Å². The molecule has 38 heavy (non-hydrogen) atoms. The lowest BCUT2D eigenvalue weighted by Gasteiger charge is -2.10. The molecule has 0 fully saturated rings. The van der Waals surface area contributed by atoms with Gasteiger partial charge < -0.3 is 19.7 Å². The fourth-order valence-corrected chi connectivity index (χ4v) is 3.97. The Morgan fingerprint density at radius 2 is 1.68 bits per heavy atom. The number of hydrogen-bond donors (Lipinski definition) is 3. The standard InChI is InChI=1S/C29H30N4O5/c1-33(2)16-7-17-38-32-27(34)20-10-13-22(14-11-20)30-26(19-8-5-4-6-9-19)25-23-15-12-21(29(36)37-3)18-24(23)31-28(25)35/h4-6,8-15,18,31,35H,7,16-17H2,1-3H3,(H,32,34). The van der Waals surface area contributed by atoms with Gasteiger partial charge in [0.1, 0.15) is 0 Å². The zero-order valence-corrected chi connectivity index (χ0v) is 21.5. The van der Waals surface area contributed by atoms with Gasteiger partial charge in [0.2, 0.25) is 0 Å². The number of benzene rings is 3. The van der Waals surface area contributed by atoms with Gasteiger partial charge in [0.15, 0.2) is 5.88 Å². The number of amides is 1. The molecule has 4 rings (SSSR count). The van der Waals surface area contributed by atoms with Crippen molar-refractivity contribution < 1.29 is 24.3 Å². The number of aromatic nitrogens is 1. The van der Waals surface area contributed by atoms with E-state index in [0.29, 0.717) is 45.6 Å². The molecule has 4 aromatic rings. The van der Waals surface area contributed by atoms with Crippen molar-refractivity contribution in [3.8, 4) is 5.88 Å². The van der Waals surface area contributed by atoms with E-state index in [9.17, 15) is 14.7 Å². The molecule has 3 aromatic carbocycles. The summed E-state index contributed by atoms with van der Waals surface area (Å²) in [5.41, 5.74) is 6.23. The number of aliphatic imine (C=N–C) groups is 1. The van der Waals surface area contributed by atoms with Gasteiger partial charge in [-0.3, -0.25) is 9.63 Å². The van der Waals surface area contributed by atoms with Crippen molar-refractivity contribution in [1.29, 1.82) is 0 Å². The van der Waals surface area contributed by atoms with Crippen molar-refractivity contribution in [2.45, 2.75) is 6.42 Å². The largest absolute Gasteiger partial charge is 0.494 e. The highest BCUT2D eigenvalue weighted by atomic mass is 16.6. The van der Waals surface area contributed by atoms with E-state index < -0.39 is 5.97 Å². The van der Waals surface area contributed by atoms with Crippen LogP contribution in [0.4, 0.5) is 5.69 Å². The van der Waals surface area contributed by atoms with Crippen molar-refractivity contribution in [1.82, 2.24) is 15.4 Å². The second-order valence-electron chi connectivity index (χ2n) is 8.91. The number of carbonyl (C=O) groups excluding carboxylic acids is 2. The Labute approximate surface area is 220 Å². The lowest BCUT2D eigenvalue weighted by molar-refractivity contribution is 0.0288. The van der Waals surface area contributed by atoms with Crippen molar-refractivity contribution in [2.24, 2.45) is 4.99 Å². The molecule has 9 nitrogen and oxygen atoms in total. The lowest BCUT2D eigenvalue weighted by Crippen LogP contribution is -2.25. The van der Waals surface area contributed by atoms with Crippen LogP contribution in [0.3, 0.4) is 0 Å². The summed E-state index contributed by atoms with van der Waals surface area (Å²) in [6.45, 7) is 1.28. The number of ether oxygens (including phenoxy) is 1. The summed E-state index contributed by atoms with van der Waals surface area (Å²) in [6, 6.07) is 21.3. The van der Waals surface area contributed by atoms with Crippen LogP contribution in [0.1, 0.15) is 38.3 Å². The predicted octanol–water partition coefficient (Wildman–Crippen LogP) is 4.44. The fourth-order valence-electron chi connectivity index (χ4n) is 3.97. The molecule has 0 spiro atoms. The van der Waals surface area contributed by atoms with Gasteiger partial charge in [-0.25, -0.2) is 15.3 Å². The second kappa shape index (κ2) is 12.2. The van der Waals surface area contributed by atoms with Crippen LogP contribution in [-0.2, 0) is 9.57 Å². The lowest BCUT2D eigenvalue weighted by atomic mass is 10.00. The van der Waals surface area contributed by atoms with Crippen LogP contribution in [0.15, 0.2) is 77.8 Å². The van der Waals surface area contributed by atoms with Gasteiger partial charge in [-0.15, -0.1) is 0 Å². The minimum Gasteiger partial charge on any atom is -0.494 e. The Kier molecular flexibility index (Phi) is 8.52. The smallest absolute Gasteiger partial charge is 0.337 e. The predicted molar refractivity (Wildman–Crippen MR) is 146 cm³/mol. The number of H-pyrrole nitrogens is 1. The number of rotatable bonds is 10. The summed E-state index contributed by atoms with van der Waals surface area (Å²) >= 11 is 0. The first-order valence-electron chi connectivity index (χ1n) is 12.1. The van der Waals surface area contributed by atoms with E-state index >= 15 is 0 Å². The summed E-state index contributed by atoms with van der Waals surface area (Å²) in [4.78, 5) is 39.5. The van der Waals surface area contributed by atoms with Crippen molar-refractivity contribution >= 4 is 34.2 Å². The number of nitrogens with one attached hydrogen (secondary N) is 2. The molecule has 0 unspecified atom stereocenters. The summed E-state index contributed by atoms with van der Waals surface area (Å²) in [5.74, 6) is -0.890. The van der Waals surface area contributed by atoms with Gasteiger partial charge in [-0.1, -0.05) is 36.4 Å². The SMILES string of the molecule is COC(=O)c1ccc2c(C(=Nc3ccc(C(=O)NOCCCN(C)C)cc3)c3ccccc3)c(O)[nH]c2c1. The quantitative estimate of drug-likeness (QED) is 0.125. The Balaban J connectivity index is 1.63. The van der Waals surface area contributed by atoms with Gasteiger partial charge in [0.05, 0.1) is 36.2 Å². The number of nitrogens with zero attached hydrogens (tertiary/aromatic N) is 2. The topological polar surface area (TPSA) is 116 Å². The highest BCUT2D eigenvalue weighted by Crippen LogP contribution is 2.32. The minimum absolute atomic E-state index is 0.0768. The Hall–Kier alpha value is -4.47. The molecule has 3 N–H and O–H groups in total.